The van der Waals surface area contributed by atoms with Gasteiger partial charge in [0.1, 0.15) is 0 Å². The van der Waals surface area contributed by atoms with E-state index in [0.29, 0.717) is 0 Å². The van der Waals surface area contributed by atoms with E-state index in [1.54, 1.807) is 0 Å². The highest BCUT2D eigenvalue weighted by Crippen LogP contribution is 2.20. The molecule has 2 rings (SSSR count). The van der Waals surface area contributed by atoms with E-state index in [-0.39, 0.29) is 0 Å². The molecule has 2 aromatic carbocycles. The highest BCUT2D eigenvalue weighted by Gasteiger charge is 2.17. The molecule has 106 valence electrons. The van der Waals surface area contributed by atoms with Crippen LogP contribution in [0.2, 0.25) is 0 Å². The van der Waals surface area contributed by atoms with Crippen molar-refractivity contribution in [2.75, 3.05) is 0 Å². The van der Waals surface area contributed by atoms with Gasteiger partial charge in [0.15, 0.2) is 0 Å². The molecule has 0 aliphatic heterocycles. The molecule has 0 bridgehead atoms. The van der Waals surface area contributed by atoms with Crippen LogP contribution in [0.1, 0.15) is 0 Å². The van der Waals surface area contributed by atoms with Gasteiger partial charge < -0.3 is 0 Å². The third-order valence-corrected chi connectivity index (χ3v) is 8.93. The van der Waals surface area contributed by atoms with Crippen LogP contribution in [-0.2, 0) is 0 Å². The van der Waals surface area contributed by atoms with Gasteiger partial charge in [-0.3, -0.25) is 0 Å². The fraction of sp³-hybridized carbons (Fsp3) is 0. The molecule has 0 spiro atoms. The molecule has 0 nitrogen and oxygen atoms in total. The van der Waals surface area contributed by atoms with Gasteiger partial charge in [0.05, 0.1) is 0 Å². The summed E-state index contributed by atoms with van der Waals surface area (Å²) in [6.45, 7) is 0. The van der Waals surface area contributed by atoms with Crippen molar-refractivity contribution < 1.29 is 0 Å². The Bertz CT molecular complexity index is 594. The molecule has 0 radical (unpaired) electrons. The van der Waals surface area contributed by atoms with Crippen LogP contribution in [0.4, 0.5) is 0 Å². The summed E-state index contributed by atoms with van der Waals surface area (Å²) < 4.78 is 0. The summed E-state index contributed by atoms with van der Waals surface area (Å²) in [6, 6.07) is 4.33. The molecule has 0 aromatic heterocycles. The Morgan fingerprint density at radius 3 is 0.800 bits per heavy atom. The topological polar surface area (TPSA) is 0 Å². The second kappa shape index (κ2) is 7.19. The van der Waals surface area contributed by atoms with E-state index in [1.807, 2.05) is 0 Å². The highest BCUT2D eigenvalue weighted by atomic mass is 31.0. The number of hydrogen-bond acceptors (Lipinski definition) is 0. The molecule has 0 fully saturated rings. The quantitative estimate of drug-likeness (QED) is 0.549. The van der Waals surface area contributed by atoms with Gasteiger partial charge in [0.2, 0.25) is 0 Å². The zero-order valence-electron chi connectivity index (χ0n) is 10.8. The van der Waals surface area contributed by atoms with Crippen molar-refractivity contribution in [1.29, 1.82) is 0 Å². The molecule has 0 heterocycles. The average Bonchev–Trinajstić information content (AvgIpc) is 2.38. The average molecular weight is 410 g/mol. The minimum absolute atomic E-state index is 1.20. The Hall–Kier alpha value is 1.88. The highest BCUT2D eigenvalue weighted by molar-refractivity contribution is 7.41. The van der Waals surface area contributed by atoms with E-state index in [9.17, 15) is 0 Å². The minimum Gasteiger partial charge on any atom is -0.105 e. The maximum absolute atomic E-state index is 2.88. The lowest BCUT2D eigenvalue weighted by atomic mass is 10.0. The maximum Gasteiger partial charge on any atom is -0.00152 e. The minimum atomic E-state index is 1.20. The van der Waals surface area contributed by atoms with E-state index < -0.39 is 0 Å². The third-order valence-electron chi connectivity index (χ3n) is 3.19. The largest absolute Gasteiger partial charge is 0.105 e. The molecule has 0 amide bonds. The van der Waals surface area contributed by atoms with Crippen molar-refractivity contribution in [1.82, 2.24) is 0 Å². The summed E-state index contributed by atoms with van der Waals surface area (Å²) in [7, 11) is 22.8. The van der Waals surface area contributed by atoms with Crippen molar-refractivity contribution in [3.63, 3.8) is 0 Å². The number of benzene rings is 2. The van der Waals surface area contributed by atoms with Gasteiger partial charge in [0, 0.05) is 0 Å². The van der Waals surface area contributed by atoms with Crippen molar-refractivity contribution in [2.24, 2.45) is 0 Å². The van der Waals surface area contributed by atoms with Crippen molar-refractivity contribution in [3.05, 3.63) is 12.1 Å². The zero-order chi connectivity index (χ0) is 15.2. The third kappa shape index (κ3) is 3.37. The Labute approximate surface area is 139 Å². The Balaban J connectivity index is 2.96. The summed E-state index contributed by atoms with van der Waals surface area (Å²) in [5.41, 5.74) is 2.53. The van der Waals surface area contributed by atoms with Gasteiger partial charge in [-0.2, -0.15) is 0 Å². The summed E-state index contributed by atoms with van der Waals surface area (Å²) in [6.07, 6.45) is 0. The molecule has 8 unspecified atom stereocenters. The first-order valence-electron chi connectivity index (χ1n) is 5.71. The normalized spacial score (nSPS) is 11.0. The maximum atomic E-state index is 2.88. The first-order chi connectivity index (χ1) is 9.25. The lowest BCUT2D eigenvalue weighted by Gasteiger charge is -2.21. The Morgan fingerprint density at radius 2 is 0.600 bits per heavy atom. The van der Waals surface area contributed by atoms with Crippen molar-refractivity contribution in [2.45, 2.75) is 0 Å². The Kier molecular flexibility index (Phi) is 6.55. The zero-order valence-corrected chi connectivity index (χ0v) is 20.0. The molecule has 0 saturated carbocycles. The molecule has 0 N–H and O–H groups in total. The summed E-state index contributed by atoms with van der Waals surface area (Å²) in [5, 5.41) is 9.70. The Morgan fingerprint density at radius 1 is 0.400 bits per heavy atom. The van der Waals surface area contributed by atoms with E-state index in [2.05, 4.69) is 86.1 Å². The molecule has 2 aromatic rings. The van der Waals surface area contributed by atoms with Crippen LogP contribution >= 0.6 is 73.9 Å². The summed E-state index contributed by atoms with van der Waals surface area (Å²) in [5.74, 6) is 0. The second-order valence-corrected chi connectivity index (χ2v) is 9.31. The fourth-order valence-electron chi connectivity index (χ4n) is 2.05. The van der Waals surface area contributed by atoms with Crippen LogP contribution < -0.4 is 42.4 Å². The van der Waals surface area contributed by atoms with E-state index in [4.69, 9.17) is 0 Å². The van der Waals surface area contributed by atoms with E-state index >= 15 is 0 Å². The number of rotatable bonds is 1. The molecule has 20 heavy (non-hydrogen) atoms. The first-order valence-corrected chi connectivity index (χ1v) is 10.3. The standard InChI is InChI=1S/C12H18P8/c13-3-1-4(14)10(18)7(9(3)17)8-11(19)5(15)2-6(16)12(8)20/h1-2H,13-20H2. The molecule has 0 aliphatic carbocycles. The SMILES string of the molecule is Pc1cc(P)c(P)c(-c2c(P)c(P)cc(P)c2P)c1P. The summed E-state index contributed by atoms with van der Waals surface area (Å²) >= 11 is 0. The monoisotopic (exact) mass is 410 g/mol. The molecule has 0 aliphatic rings. The predicted molar refractivity (Wildman–Crippen MR) is 127 cm³/mol. The summed E-state index contributed by atoms with van der Waals surface area (Å²) in [4.78, 5) is 0. The lowest BCUT2D eigenvalue weighted by molar-refractivity contribution is 1.89. The van der Waals surface area contributed by atoms with Crippen molar-refractivity contribution >= 4 is 116 Å². The molecule has 0 saturated heterocycles. The first kappa shape index (κ1) is 18.2. The van der Waals surface area contributed by atoms with Crippen LogP contribution in [0, 0.1) is 0 Å². The van der Waals surface area contributed by atoms with Gasteiger partial charge in [-0.05, 0) is 65.7 Å². The second-order valence-electron chi connectivity index (χ2n) is 4.51. The van der Waals surface area contributed by atoms with Crippen LogP contribution in [0.3, 0.4) is 0 Å². The van der Waals surface area contributed by atoms with Gasteiger partial charge in [-0.1, -0.05) is 0 Å². The van der Waals surface area contributed by atoms with Gasteiger partial charge in [-0.25, -0.2) is 0 Å². The van der Waals surface area contributed by atoms with Gasteiger partial charge >= 0.3 is 0 Å². The molecular formula is C12H18P8. The van der Waals surface area contributed by atoms with E-state index in [1.165, 1.54) is 53.6 Å². The predicted octanol–water partition coefficient (Wildman–Crippen LogP) is -0.643. The van der Waals surface area contributed by atoms with Gasteiger partial charge in [-0.15, -0.1) is 73.9 Å². The fourth-order valence-corrected chi connectivity index (χ4v) is 5.60. The van der Waals surface area contributed by atoms with Gasteiger partial charge in [0.25, 0.3) is 0 Å². The molecular weight excluding hydrogens is 392 g/mol. The van der Waals surface area contributed by atoms with E-state index in [0.717, 1.165) is 0 Å². The lowest BCUT2D eigenvalue weighted by Crippen LogP contribution is -2.36. The number of hydrogen-bond donors (Lipinski definition) is 0. The van der Waals surface area contributed by atoms with Crippen LogP contribution in [0.5, 0.6) is 0 Å². The van der Waals surface area contributed by atoms with Crippen LogP contribution in [-0.4, -0.2) is 0 Å². The molecule has 8 atom stereocenters. The van der Waals surface area contributed by atoms with Crippen LogP contribution in [0.15, 0.2) is 12.1 Å². The molecule has 8 heteroatoms. The van der Waals surface area contributed by atoms with Crippen LogP contribution in [0.25, 0.3) is 11.1 Å². The smallest absolute Gasteiger partial charge is 0.00152 e. The van der Waals surface area contributed by atoms with Crippen molar-refractivity contribution in [3.8, 4) is 11.1 Å².